The van der Waals surface area contributed by atoms with Crippen molar-refractivity contribution in [1.82, 2.24) is 0 Å². The Bertz CT molecular complexity index is 215. The number of hydrogen-bond acceptors (Lipinski definition) is 2. The van der Waals surface area contributed by atoms with Gasteiger partial charge in [0, 0.05) is 0 Å². The predicted molar refractivity (Wildman–Crippen MR) is 61.6 cm³/mol. The number of carbonyl (C=O) groups is 1. The average Bonchev–Trinajstić information content (AvgIpc) is 2.12. The van der Waals surface area contributed by atoms with Crippen LogP contribution in [0, 0.1) is 11.3 Å². The Balaban J connectivity index is 2.30. The first kappa shape index (κ1) is 12.5. The number of unbranched alkanes of at least 4 members (excludes halogenated alkanes) is 3. The van der Waals surface area contributed by atoms with E-state index in [9.17, 15) is 4.79 Å². The molecule has 0 aliphatic carbocycles. The zero-order chi connectivity index (χ0) is 11.5. The maximum Gasteiger partial charge on any atom is 0.313 e. The molecule has 0 N–H and O–H groups in total. The van der Waals surface area contributed by atoms with Crippen LogP contribution in [0.4, 0.5) is 0 Å². The number of hydrogen-bond donors (Lipinski definition) is 0. The van der Waals surface area contributed by atoms with Crippen molar-refractivity contribution in [3.63, 3.8) is 0 Å². The summed E-state index contributed by atoms with van der Waals surface area (Å²) in [5, 5.41) is 0. The second-order valence-corrected chi connectivity index (χ2v) is 5.68. The van der Waals surface area contributed by atoms with Gasteiger partial charge in [-0.15, -0.1) is 0 Å². The second-order valence-electron chi connectivity index (χ2n) is 5.68. The molecule has 1 rings (SSSR count). The van der Waals surface area contributed by atoms with Crippen molar-refractivity contribution in [3.05, 3.63) is 0 Å². The Morgan fingerprint density at radius 2 is 1.87 bits per heavy atom. The third-order valence-electron chi connectivity index (χ3n) is 3.13. The number of esters is 1. The molecule has 1 saturated heterocycles. The molecule has 0 radical (unpaired) electrons. The molecule has 2 nitrogen and oxygen atoms in total. The molecule has 0 aromatic carbocycles. The summed E-state index contributed by atoms with van der Waals surface area (Å²) in [6, 6.07) is 0. The van der Waals surface area contributed by atoms with Gasteiger partial charge in [0.2, 0.25) is 0 Å². The third-order valence-corrected chi connectivity index (χ3v) is 3.13. The van der Waals surface area contributed by atoms with Gasteiger partial charge < -0.3 is 4.74 Å². The Morgan fingerprint density at radius 3 is 2.33 bits per heavy atom. The minimum Gasteiger partial charge on any atom is -0.461 e. The van der Waals surface area contributed by atoms with E-state index in [0.717, 1.165) is 6.42 Å². The Labute approximate surface area is 93.4 Å². The molecule has 0 saturated carbocycles. The van der Waals surface area contributed by atoms with E-state index in [0.29, 0.717) is 0 Å². The van der Waals surface area contributed by atoms with Gasteiger partial charge in [0.15, 0.2) is 0 Å². The smallest absolute Gasteiger partial charge is 0.313 e. The Morgan fingerprint density at radius 1 is 1.20 bits per heavy atom. The lowest BCUT2D eigenvalue weighted by atomic mass is 9.76. The maximum absolute atomic E-state index is 11.3. The van der Waals surface area contributed by atoms with Gasteiger partial charge in [-0.1, -0.05) is 53.4 Å². The molecule has 0 aromatic heterocycles. The quantitative estimate of drug-likeness (QED) is 0.514. The lowest BCUT2D eigenvalue weighted by Crippen LogP contribution is -2.52. The highest BCUT2D eigenvalue weighted by molar-refractivity contribution is 5.78. The number of rotatable bonds is 5. The fourth-order valence-corrected chi connectivity index (χ4v) is 2.19. The summed E-state index contributed by atoms with van der Waals surface area (Å²) < 4.78 is 5.23. The van der Waals surface area contributed by atoms with Crippen molar-refractivity contribution in [2.45, 2.75) is 65.9 Å². The van der Waals surface area contributed by atoms with Crippen LogP contribution in [0.5, 0.6) is 0 Å². The molecule has 15 heavy (non-hydrogen) atoms. The summed E-state index contributed by atoms with van der Waals surface area (Å²) in [5.41, 5.74) is 0.101. The van der Waals surface area contributed by atoms with Crippen LogP contribution >= 0.6 is 0 Å². The number of carbonyl (C=O) groups excluding carboxylic acids is 1. The van der Waals surface area contributed by atoms with E-state index < -0.39 is 0 Å². The van der Waals surface area contributed by atoms with Gasteiger partial charge in [-0.3, -0.25) is 4.79 Å². The summed E-state index contributed by atoms with van der Waals surface area (Å²) in [6.07, 6.45) is 6.10. The van der Waals surface area contributed by atoms with E-state index in [1.807, 2.05) is 0 Å². The summed E-state index contributed by atoms with van der Waals surface area (Å²) in [5.74, 6) is 0.188. The van der Waals surface area contributed by atoms with Crippen molar-refractivity contribution in [3.8, 4) is 0 Å². The molecule has 1 fully saturated rings. The van der Waals surface area contributed by atoms with E-state index in [-0.39, 0.29) is 23.4 Å². The summed E-state index contributed by atoms with van der Waals surface area (Å²) in [6.45, 7) is 8.63. The van der Waals surface area contributed by atoms with E-state index in [2.05, 4.69) is 27.7 Å². The molecule has 0 spiro atoms. The molecule has 88 valence electrons. The topological polar surface area (TPSA) is 26.3 Å². The van der Waals surface area contributed by atoms with Gasteiger partial charge in [-0.05, 0) is 11.8 Å². The fraction of sp³-hybridized carbons (Fsp3) is 0.923. The molecule has 0 aromatic rings. The van der Waals surface area contributed by atoms with Gasteiger partial charge in [0.05, 0.1) is 5.92 Å². The predicted octanol–water partition coefficient (Wildman–Crippen LogP) is 3.54. The lowest BCUT2D eigenvalue weighted by molar-refractivity contribution is -0.199. The van der Waals surface area contributed by atoms with E-state index in [1.165, 1.54) is 25.7 Å². The van der Waals surface area contributed by atoms with Crippen LogP contribution < -0.4 is 0 Å². The zero-order valence-electron chi connectivity index (χ0n) is 10.5. The standard InChI is InChI=1S/C13H24O2/c1-5-6-7-8-9-10-11(13(2,3)4)15-12(10)14/h10-11H,5-9H2,1-4H3/t10-,11+/m1/s1. The molecule has 0 unspecified atom stereocenters. The van der Waals surface area contributed by atoms with Crippen LogP contribution in [0.1, 0.15) is 59.8 Å². The minimum atomic E-state index is 0.0198. The average molecular weight is 212 g/mol. The van der Waals surface area contributed by atoms with Crippen LogP contribution in [0.25, 0.3) is 0 Å². The molecule has 1 aliphatic heterocycles. The molecule has 0 amide bonds. The molecule has 1 aliphatic rings. The van der Waals surface area contributed by atoms with E-state index >= 15 is 0 Å². The van der Waals surface area contributed by atoms with Crippen molar-refractivity contribution in [1.29, 1.82) is 0 Å². The minimum absolute atomic E-state index is 0.0198. The van der Waals surface area contributed by atoms with Gasteiger partial charge >= 0.3 is 5.97 Å². The normalized spacial score (nSPS) is 26.0. The number of cyclic esters (lactones) is 1. The first-order valence-electron chi connectivity index (χ1n) is 6.17. The Hall–Kier alpha value is -0.530. The summed E-state index contributed by atoms with van der Waals surface area (Å²) >= 11 is 0. The summed E-state index contributed by atoms with van der Waals surface area (Å²) in [7, 11) is 0. The van der Waals surface area contributed by atoms with Crippen molar-refractivity contribution in [2.24, 2.45) is 11.3 Å². The molecular weight excluding hydrogens is 188 g/mol. The zero-order valence-corrected chi connectivity index (χ0v) is 10.5. The first-order valence-corrected chi connectivity index (χ1v) is 6.17. The van der Waals surface area contributed by atoms with Crippen molar-refractivity contribution >= 4 is 5.97 Å². The van der Waals surface area contributed by atoms with Crippen LogP contribution in [-0.4, -0.2) is 12.1 Å². The van der Waals surface area contributed by atoms with Gasteiger partial charge in [0.25, 0.3) is 0 Å². The lowest BCUT2D eigenvalue weighted by Gasteiger charge is -2.43. The first-order chi connectivity index (χ1) is 6.96. The van der Waals surface area contributed by atoms with Crippen molar-refractivity contribution < 1.29 is 9.53 Å². The monoisotopic (exact) mass is 212 g/mol. The fourth-order valence-electron chi connectivity index (χ4n) is 2.19. The molecule has 2 heteroatoms. The van der Waals surface area contributed by atoms with Crippen LogP contribution in [0.3, 0.4) is 0 Å². The molecule has 1 heterocycles. The van der Waals surface area contributed by atoms with Crippen LogP contribution in [0.2, 0.25) is 0 Å². The maximum atomic E-state index is 11.3. The van der Waals surface area contributed by atoms with Gasteiger partial charge in [0.1, 0.15) is 6.10 Å². The van der Waals surface area contributed by atoms with Gasteiger partial charge in [-0.25, -0.2) is 0 Å². The van der Waals surface area contributed by atoms with E-state index in [1.54, 1.807) is 0 Å². The van der Waals surface area contributed by atoms with Crippen LogP contribution in [0.15, 0.2) is 0 Å². The molecule has 0 bridgehead atoms. The highest BCUT2D eigenvalue weighted by atomic mass is 16.6. The highest BCUT2D eigenvalue weighted by Gasteiger charge is 2.47. The highest BCUT2D eigenvalue weighted by Crippen LogP contribution is 2.39. The molecular formula is C13H24O2. The summed E-state index contributed by atoms with van der Waals surface area (Å²) in [4.78, 5) is 11.3. The second kappa shape index (κ2) is 5.00. The van der Waals surface area contributed by atoms with Crippen molar-refractivity contribution in [2.75, 3.05) is 0 Å². The Kier molecular flexibility index (Phi) is 4.18. The van der Waals surface area contributed by atoms with Gasteiger partial charge in [-0.2, -0.15) is 0 Å². The van der Waals surface area contributed by atoms with Crippen LogP contribution in [-0.2, 0) is 9.53 Å². The number of ether oxygens (including phenoxy) is 1. The SMILES string of the molecule is CCCCCC[C@H]1C(=O)O[C@@H]1C(C)(C)C. The molecule has 2 atom stereocenters. The van der Waals surface area contributed by atoms with E-state index in [4.69, 9.17) is 4.74 Å². The third kappa shape index (κ3) is 3.22. The largest absolute Gasteiger partial charge is 0.461 e.